The van der Waals surface area contributed by atoms with Crippen LogP contribution in [0.3, 0.4) is 0 Å². The molecule has 1 amide bonds. The van der Waals surface area contributed by atoms with Crippen LogP contribution in [0.2, 0.25) is 0 Å². The first-order valence-corrected chi connectivity index (χ1v) is 5.67. The van der Waals surface area contributed by atoms with Crippen molar-refractivity contribution in [1.29, 1.82) is 0 Å². The number of amides is 1. The highest BCUT2D eigenvalue weighted by Crippen LogP contribution is 1.91. The van der Waals surface area contributed by atoms with Crippen LogP contribution in [0.25, 0.3) is 0 Å². The Morgan fingerprint density at radius 2 is 1.93 bits per heavy atom. The summed E-state index contributed by atoms with van der Waals surface area (Å²) in [6, 6.07) is 0. The van der Waals surface area contributed by atoms with Crippen molar-refractivity contribution >= 4 is 5.91 Å². The molecule has 0 aromatic rings. The summed E-state index contributed by atoms with van der Waals surface area (Å²) in [5.41, 5.74) is 0. The molecule has 0 fully saturated rings. The van der Waals surface area contributed by atoms with Gasteiger partial charge >= 0.3 is 0 Å². The number of ether oxygens (including phenoxy) is 1. The molecule has 15 heavy (non-hydrogen) atoms. The molecule has 0 unspecified atom stereocenters. The van der Waals surface area contributed by atoms with E-state index in [1.54, 1.807) is 19.0 Å². The largest absolute Gasteiger partial charge is 0.382 e. The van der Waals surface area contributed by atoms with Crippen molar-refractivity contribution in [3.8, 4) is 0 Å². The van der Waals surface area contributed by atoms with E-state index in [4.69, 9.17) is 4.74 Å². The Morgan fingerprint density at radius 1 is 1.27 bits per heavy atom. The molecule has 0 radical (unpaired) electrons. The highest BCUT2D eigenvalue weighted by molar-refractivity contribution is 5.75. The fourth-order valence-electron chi connectivity index (χ4n) is 1.16. The molecular formula is C11H24N2O2. The molecule has 0 aliphatic rings. The van der Waals surface area contributed by atoms with Crippen molar-refractivity contribution < 1.29 is 9.53 Å². The van der Waals surface area contributed by atoms with Crippen LogP contribution in [0, 0.1) is 0 Å². The molecule has 4 nitrogen and oxygen atoms in total. The van der Waals surface area contributed by atoms with E-state index >= 15 is 0 Å². The molecule has 0 atom stereocenters. The fraction of sp³-hybridized carbons (Fsp3) is 0.909. The Morgan fingerprint density at radius 3 is 2.53 bits per heavy atom. The lowest BCUT2D eigenvalue weighted by molar-refractivity contribution is -0.128. The van der Waals surface area contributed by atoms with Crippen molar-refractivity contribution in [2.24, 2.45) is 0 Å². The van der Waals surface area contributed by atoms with Crippen LogP contribution in [-0.2, 0) is 9.53 Å². The van der Waals surface area contributed by atoms with Crippen LogP contribution < -0.4 is 5.32 Å². The third-order valence-electron chi connectivity index (χ3n) is 2.09. The average molecular weight is 216 g/mol. The molecule has 4 heteroatoms. The maximum Gasteiger partial charge on any atom is 0.222 e. The maximum atomic E-state index is 11.2. The van der Waals surface area contributed by atoms with E-state index in [0.29, 0.717) is 6.42 Å². The molecule has 0 saturated heterocycles. The topological polar surface area (TPSA) is 41.6 Å². The molecule has 1 N–H and O–H groups in total. The van der Waals surface area contributed by atoms with Crippen LogP contribution in [0.1, 0.15) is 26.2 Å². The summed E-state index contributed by atoms with van der Waals surface area (Å²) in [5.74, 6) is 0.200. The molecule has 0 heterocycles. The maximum absolute atomic E-state index is 11.2. The Bertz CT molecular complexity index is 161. The van der Waals surface area contributed by atoms with E-state index in [-0.39, 0.29) is 5.91 Å². The number of hydrogen-bond acceptors (Lipinski definition) is 3. The lowest BCUT2D eigenvalue weighted by Crippen LogP contribution is -2.24. The van der Waals surface area contributed by atoms with Crippen molar-refractivity contribution in [1.82, 2.24) is 10.2 Å². The van der Waals surface area contributed by atoms with E-state index < -0.39 is 0 Å². The average Bonchev–Trinajstić information content (AvgIpc) is 2.21. The molecule has 0 spiro atoms. The summed E-state index contributed by atoms with van der Waals surface area (Å²) in [6.07, 6.45) is 2.58. The van der Waals surface area contributed by atoms with Gasteiger partial charge in [0.2, 0.25) is 5.91 Å². The minimum atomic E-state index is 0.200. The van der Waals surface area contributed by atoms with Crippen LogP contribution in [0.5, 0.6) is 0 Å². The van der Waals surface area contributed by atoms with Gasteiger partial charge in [0.05, 0.1) is 0 Å². The SMILES string of the molecule is CCOCCCNCCCC(=O)N(C)C. The first-order valence-electron chi connectivity index (χ1n) is 5.67. The van der Waals surface area contributed by atoms with Crippen molar-refractivity contribution in [2.75, 3.05) is 40.4 Å². The zero-order chi connectivity index (χ0) is 11.5. The van der Waals surface area contributed by atoms with Gasteiger partial charge in [-0.05, 0) is 32.9 Å². The third-order valence-corrected chi connectivity index (χ3v) is 2.09. The molecule has 0 aliphatic carbocycles. The van der Waals surface area contributed by atoms with E-state index in [9.17, 15) is 4.79 Å². The Labute approximate surface area is 93.0 Å². The number of hydrogen-bond donors (Lipinski definition) is 1. The van der Waals surface area contributed by atoms with Gasteiger partial charge in [0.1, 0.15) is 0 Å². The number of rotatable bonds is 9. The highest BCUT2D eigenvalue weighted by Gasteiger charge is 2.01. The van der Waals surface area contributed by atoms with Gasteiger partial charge in [-0.2, -0.15) is 0 Å². The van der Waals surface area contributed by atoms with Gasteiger partial charge in [-0.3, -0.25) is 4.79 Å². The van der Waals surface area contributed by atoms with Gasteiger partial charge in [-0.1, -0.05) is 0 Å². The van der Waals surface area contributed by atoms with Gasteiger partial charge < -0.3 is 15.0 Å². The van der Waals surface area contributed by atoms with Gasteiger partial charge in [-0.15, -0.1) is 0 Å². The van der Waals surface area contributed by atoms with Gasteiger partial charge in [-0.25, -0.2) is 0 Å². The summed E-state index contributed by atoms with van der Waals surface area (Å²) in [5, 5.41) is 3.29. The van der Waals surface area contributed by atoms with Crippen molar-refractivity contribution in [3.63, 3.8) is 0 Å². The first kappa shape index (κ1) is 14.4. The Hall–Kier alpha value is -0.610. The van der Waals surface area contributed by atoms with Crippen LogP contribution >= 0.6 is 0 Å². The smallest absolute Gasteiger partial charge is 0.222 e. The predicted molar refractivity (Wildman–Crippen MR) is 61.9 cm³/mol. The van der Waals surface area contributed by atoms with E-state index in [1.165, 1.54) is 0 Å². The molecule has 90 valence electrons. The fourth-order valence-corrected chi connectivity index (χ4v) is 1.16. The molecular weight excluding hydrogens is 192 g/mol. The van der Waals surface area contributed by atoms with Gasteiger partial charge in [0.25, 0.3) is 0 Å². The highest BCUT2D eigenvalue weighted by atomic mass is 16.5. The van der Waals surface area contributed by atoms with Crippen LogP contribution in [0.15, 0.2) is 0 Å². The van der Waals surface area contributed by atoms with E-state index in [0.717, 1.165) is 39.1 Å². The summed E-state index contributed by atoms with van der Waals surface area (Å²) >= 11 is 0. The number of carbonyl (C=O) groups is 1. The number of nitrogens with one attached hydrogen (secondary N) is 1. The summed E-state index contributed by atoms with van der Waals surface area (Å²) < 4.78 is 5.21. The van der Waals surface area contributed by atoms with Gasteiger partial charge in [0.15, 0.2) is 0 Å². The molecule has 0 rings (SSSR count). The van der Waals surface area contributed by atoms with Crippen LogP contribution in [-0.4, -0.2) is 51.2 Å². The second-order valence-electron chi connectivity index (χ2n) is 3.69. The molecule has 0 aromatic heterocycles. The number of carbonyl (C=O) groups excluding carboxylic acids is 1. The Kier molecular flexibility index (Phi) is 9.52. The van der Waals surface area contributed by atoms with Crippen LogP contribution in [0.4, 0.5) is 0 Å². The molecule has 0 saturated carbocycles. The second kappa shape index (κ2) is 9.93. The third kappa shape index (κ3) is 9.69. The first-order chi connectivity index (χ1) is 7.18. The Balaban J connectivity index is 3.08. The van der Waals surface area contributed by atoms with Crippen molar-refractivity contribution in [3.05, 3.63) is 0 Å². The standard InChI is InChI=1S/C11H24N2O2/c1-4-15-10-6-9-12-8-5-7-11(14)13(2)3/h12H,4-10H2,1-3H3. The lowest BCUT2D eigenvalue weighted by Gasteiger charge is -2.10. The monoisotopic (exact) mass is 216 g/mol. The minimum absolute atomic E-state index is 0.200. The van der Waals surface area contributed by atoms with E-state index in [2.05, 4.69) is 5.32 Å². The predicted octanol–water partition coefficient (Wildman–Crippen LogP) is 0.871. The minimum Gasteiger partial charge on any atom is -0.382 e. The van der Waals surface area contributed by atoms with Crippen molar-refractivity contribution in [2.45, 2.75) is 26.2 Å². The lowest BCUT2D eigenvalue weighted by atomic mass is 10.3. The summed E-state index contributed by atoms with van der Waals surface area (Å²) in [6.45, 7) is 5.49. The zero-order valence-electron chi connectivity index (χ0n) is 10.2. The zero-order valence-corrected chi connectivity index (χ0v) is 10.2. The molecule has 0 aromatic carbocycles. The van der Waals surface area contributed by atoms with Gasteiger partial charge in [0, 0.05) is 33.7 Å². The second-order valence-corrected chi connectivity index (χ2v) is 3.69. The summed E-state index contributed by atoms with van der Waals surface area (Å²) in [4.78, 5) is 12.8. The molecule has 0 aliphatic heterocycles. The number of nitrogens with zero attached hydrogens (tertiary/aromatic N) is 1. The quantitative estimate of drug-likeness (QED) is 0.582. The normalized spacial score (nSPS) is 10.3. The summed E-state index contributed by atoms with van der Waals surface area (Å²) in [7, 11) is 3.58. The van der Waals surface area contributed by atoms with E-state index in [1.807, 2.05) is 6.92 Å². The molecule has 0 bridgehead atoms.